The minimum Gasteiger partial charge on any atom is -0.493 e. The van der Waals surface area contributed by atoms with Gasteiger partial charge in [-0.3, -0.25) is 4.18 Å². The second-order valence-electron chi connectivity index (χ2n) is 11.1. The van der Waals surface area contributed by atoms with Crippen LogP contribution in [-0.4, -0.2) is 63.4 Å². The molecule has 0 bridgehead atoms. The van der Waals surface area contributed by atoms with Crippen molar-refractivity contribution in [2.45, 2.75) is 76.1 Å². The molecule has 1 unspecified atom stereocenters. The molecule has 0 saturated heterocycles. The van der Waals surface area contributed by atoms with Crippen LogP contribution in [-0.2, 0) is 23.5 Å². The number of carbonyl (C=O) groups excluding carboxylic acids is 1. The largest absolute Gasteiger partial charge is 0.493 e. The van der Waals surface area contributed by atoms with Crippen molar-refractivity contribution in [3.05, 3.63) is 47.5 Å². The Morgan fingerprint density at radius 1 is 0.900 bits per heavy atom. The van der Waals surface area contributed by atoms with Gasteiger partial charge in [-0.1, -0.05) is 38.5 Å². The zero-order valence-corrected chi connectivity index (χ0v) is 27.0. The van der Waals surface area contributed by atoms with E-state index >= 15 is 0 Å². The van der Waals surface area contributed by atoms with Crippen LogP contribution < -0.4 is 14.2 Å². The van der Waals surface area contributed by atoms with Crippen molar-refractivity contribution in [3.8, 4) is 17.2 Å². The molecule has 40 heavy (non-hydrogen) atoms. The van der Waals surface area contributed by atoms with Crippen LogP contribution in [0, 0.1) is 6.92 Å². The SMILES string of the molecule is COc1cc(C(=O)OC(CCCOS(=O)(=O)c2ccc(C)cc2)CCO[Si](C)(C)C(C)(C)C)cc(OC)c1OC. The molecular weight excluding hydrogens is 552 g/mol. The summed E-state index contributed by atoms with van der Waals surface area (Å²) in [6, 6.07) is 9.54. The van der Waals surface area contributed by atoms with Gasteiger partial charge in [-0.15, -0.1) is 0 Å². The molecule has 9 nitrogen and oxygen atoms in total. The van der Waals surface area contributed by atoms with Gasteiger partial charge in [0.1, 0.15) is 6.10 Å². The van der Waals surface area contributed by atoms with Crippen LogP contribution in [0.1, 0.15) is 56.0 Å². The van der Waals surface area contributed by atoms with E-state index in [9.17, 15) is 13.2 Å². The van der Waals surface area contributed by atoms with Gasteiger partial charge in [0.15, 0.2) is 19.8 Å². The second kappa shape index (κ2) is 14.3. The lowest BCUT2D eigenvalue weighted by Gasteiger charge is -2.36. The molecule has 0 saturated carbocycles. The van der Waals surface area contributed by atoms with Crippen molar-refractivity contribution in [1.29, 1.82) is 0 Å². The van der Waals surface area contributed by atoms with Crippen LogP contribution in [0.4, 0.5) is 0 Å². The first-order valence-corrected chi connectivity index (χ1v) is 17.6. The summed E-state index contributed by atoms with van der Waals surface area (Å²) in [5.41, 5.74) is 1.19. The Hall–Kier alpha value is -2.60. The van der Waals surface area contributed by atoms with Crippen molar-refractivity contribution < 1.29 is 40.8 Å². The molecule has 0 radical (unpaired) electrons. The van der Waals surface area contributed by atoms with Crippen LogP contribution in [0.15, 0.2) is 41.3 Å². The summed E-state index contributed by atoms with van der Waals surface area (Å²) in [6.45, 7) is 13.0. The minimum atomic E-state index is -3.88. The maximum atomic E-state index is 13.2. The number of methoxy groups -OCH3 is 3. The summed E-state index contributed by atoms with van der Waals surface area (Å²) in [6.07, 6.45) is 0.675. The van der Waals surface area contributed by atoms with E-state index in [2.05, 4.69) is 33.9 Å². The van der Waals surface area contributed by atoms with Crippen LogP contribution >= 0.6 is 0 Å². The maximum Gasteiger partial charge on any atom is 0.338 e. The smallest absolute Gasteiger partial charge is 0.338 e. The Kier molecular flexibility index (Phi) is 12.0. The van der Waals surface area contributed by atoms with Crippen molar-refractivity contribution >= 4 is 24.4 Å². The van der Waals surface area contributed by atoms with E-state index < -0.39 is 30.5 Å². The van der Waals surface area contributed by atoms with Crippen LogP contribution in [0.2, 0.25) is 18.1 Å². The molecule has 0 fully saturated rings. The van der Waals surface area contributed by atoms with Gasteiger partial charge in [0.2, 0.25) is 5.75 Å². The molecule has 2 aromatic rings. The van der Waals surface area contributed by atoms with Crippen molar-refractivity contribution in [3.63, 3.8) is 0 Å². The van der Waals surface area contributed by atoms with E-state index in [1.807, 2.05) is 6.92 Å². The molecule has 2 aromatic carbocycles. The molecular formula is C29H44O9SSi. The molecule has 0 amide bonds. The van der Waals surface area contributed by atoms with Gasteiger partial charge in [-0.05, 0) is 62.2 Å². The molecule has 0 aromatic heterocycles. The predicted octanol–water partition coefficient (Wildman–Crippen LogP) is 6.14. The topological polar surface area (TPSA) is 107 Å². The number of ether oxygens (including phenoxy) is 4. The highest BCUT2D eigenvalue weighted by atomic mass is 32.2. The Morgan fingerprint density at radius 3 is 1.98 bits per heavy atom. The first kappa shape index (κ1) is 33.6. The lowest BCUT2D eigenvalue weighted by Crippen LogP contribution is -2.41. The summed E-state index contributed by atoms with van der Waals surface area (Å²) in [5.74, 6) is 0.472. The molecule has 0 N–H and O–H groups in total. The average molecular weight is 597 g/mol. The van der Waals surface area contributed by atoms with E-state index in [1.165, 1.54) is 45.6 Å². The Labute approximate surface area is 240 Å². The summed E-state index contributed by atoms with van der Waals surface area (Å²) >= 11 is 0. The van der Waals surface area contributed by atoms with Crippen molar-refractivity contribution in [1.82, 2.24) is 0 Å². The molecule has 224 valence electrons. The predicted molar refractivity (Wildman–Crippen MR) is 157 cm³/mol. The fourth-order valence-electron chi connectivity index (χ4n) is 3.60. The molecule has 11 heteroatoms. The van der Waals surface area contributed by atoms with Gasteiger partial charge >= 0.3 is 5.97 Å². The van der Waals surface area contributed by atoms with E-state index in [0.29, 0.717) is 43.1 Å². The number of esters is 1. The molecule has 0 aliphatic heterocycles. The third-order valence-corrected chi connectivity index (χ3v) is 13.0. The van der Waals surface area contributed by atoms with Gasteiger partial charge in [-0.2, -0.15) is 8.42 Å². The standard InChI is InChI=1S/C29H44O9SSi/c1-21-12-14-24(15-13-21)39(31,32)36-17-10-11-23(16-18-37-40(8,9)29(2,3)4)38-28(30)22-19-25(33-5)27(35-7)26(20-22)34-6/h12-15,19-20,23H,10-11,16-18H2,1-9H3. The molecule has 2 rings (SSSR count). The zero-order valence-electron chi connectivity index (χ0n) is 25.2. The number of hydrogen-bond donors (Lipinski definition) is 0. The highest BCUT2D eigenvalue weighted by Gasteiger charge is 2.37. The Bertz CT molecular complexity index is 1190. The summed E-state index contributed by atoms with van der Waals surface area (Å²) in [5, 5.41) is 0.0353. The highest BCUT2D eigenvalue weighted by Crippen LogP contribution is 2.39. The summed E-state index contributed by atoms with van der Waals surface area (Å²) in [4.78, 5) is 13.3. The van der Waals surface area contributed by atoms with Crippen LogP contribution in [0.5, 0.6) is 17.2 Å². The quantitative estimate of drug-likeness (QED) is 0.104. The van der Waals surface area contributed by atoms with Gasteiger partial charge in [0.25, 0.3) is 10.1 Å². The number of benzene rings is 2. The number of carbonyl (C=O) groups is 1. The molecule has 0 aliphatic rings. The molecule has 0 aliphatic carbocycles. The monoisotopic (exact) mass is 596 g/mol. The lowest BCUT2D eigenvalue weighted by molar-refractivity contribution is 0.0210. The Balaban J connectivity index is 2.13. The minimum absolute atomic E-state index is 0.0353. The first-order valence-electron chi connectivity index (χ1n) is 13.3. The summed E-state index contributed by atoms with van der Waals surface area (Å²) < 4.78 is 58.6. The first-order chi connectivity index (χ1) is 18.6. The molecule has 0 heterocycles. The van der Waals surface area contributed by atoms with E-state index in [-0.39, 0.29) is 22.1 Å². The summed E-state index contributed by atoms with van der Waals surface area (Å²) in [7, 11) is -1.46. The zero-order chi connectivity index (χ0) is 30.1. The van der Waals surface area contributed by atoms with Gasteiger partial charge in [0, 0.05) is 13.0 Å². The van der Waals surface area contributed by atoms with Crippen molar-refractivity contribution in [2.75, 3.05) is 34.5 Å². The van der Waals surface area contributed by atoms with E-state index in [1.54, 1.807) is 12.1 Å². The van der Waals surface area contributed by atoms with Gasteiger partial charge in [0.05, 0.1) is 38.4 Å². The normalized spacial score (nSPS) is 13.0. The highest BCUT2D eigenvalue weighted by molar-refractivity contribution is 7.86. The van der Waals surface area contributed by atoms with Gasteiger partial charge < -0.3 is 23.4 Å². The molecule has 1 atom stereocenters. The lowest BCUT2D eigenvalue weighted by atomic mass is 10.1. The fourth-order valence-corrected chi connectivity index (χ4v) is 5.60. The third kappa shape index (κ3) is 9.22. The number of aryl methyl sites for hydroxylation is 1. The van der Waals surface area contributed by atoms with Crippen molar-refractivity contribution in [2.24, 2.45) is 0 Å². The molecule has 0 spiro atoms. The fraction of sp³-hybridized carbons (Fsp3) is 0.552. The van der Waals surface area contributed by atoms with E-state index in [4.69, 9.17) is 27.6 Å². The number of rotatable bonds is 15. The third-order valence-electron chi connectivity index (χ3n) is 7.10. The second-order valence-corrected chi connectivity index (χ2v) is 17.5. The average Bonchev–Trinajstić information content (AvgIpc) is 2.89. The van der Waals surface area contributed by atoms with Gasteiger partial charge in [-0.25, -0.2) is 4.79 Å². The van der Waals surface area contributed by atoms with E-state index in [0.717, 1.165) is 5.56 Å². The maximum absolute atomic E-state index is 13.2. The Morgan fingerprint density at radius 2 is 1.48 bits per heavy atom. The van der Waals surface area contributed by atoms with Crippen LogP contribution in [0.3, 0.4) is 0 Å². The number of hydrogen-bond acceptors (Lipinski definition) is 9. The van der Waals surface area contributed by atoms with Crippen LogP contribution in [0.25, 0.3) is 0 Å².